The Hall–Kier alpha value is -2.07. The highest BCUT2D eigenvalue weighted by Gasteiger charge is 2.07. The molecule has 2 aromatic rings. The van der Waals surface area contributed by atoms with E-state index < -0.39 is 0 Å². The van der Waals surface area contributed by atoms with Gasteiger partial charge >= 0.3 is 0 Å². The topological polar surface area (TPSA) is 71.0 Å². The molecule has 0 saturated heterocycles. The molecule has 0 aliphatic carbocycles. The van der Waals surface area contributed by atoms with Crippen LogP contribution in [0, 0.1) is 0 Å². The zero-order valence-electron chi connectivity index (χ0n) is 16.9. The van der Waals surface area contributed by atoms with Gasteiger partial charge in [-0.05, 0) is 18.2 Å². The first kappa shape index (κ1) is 24.0. The van der Waals surface area contributed by atoms with Crippen LogP contribution < -0.4 is 20.3 Å². The van der Waals surface area contributed by atoms with Crippen LogP contribution in [0.5, 0.6) is 5.75 Å². The molecule has 154 valence electrons. The Morgan fingerprint density at radius 2 is 2.00 bits per heavy atom. The van der Waals surface area contributed by atoms with Crippen molar-refractivity contribution in [2.24, 2.45) is 4.99 Å². The van der Waals surface area contributed by atoms with Gasteiger partial charge in [0.2, 0.25) is 0 Å². The number of aromatic nitrogens is 1. The summed E-state index contributed by atoms with van der Waals surface area (Å²) in [6.45, 7) is 1.94. The normalized spacial score (nSPS) is 10.8. The second-order valence-corrected chi connectivity index (χ2v) is 6.15. The smallest absolute Gasteiger partial charge is 0.195 e. The van der Waals surface area contributed by atoms with Crippen LogP contribution in [0.15, 0.2) is 47.6 Å². The second-order valence-electron chi connectivity index (χ2n) is 6.15. The van der Waals surface area contributed by atoms with Gasteiger partial charge < -0.3 is 25.0 Å². The average molecular weight is 499 g/mol. The monoisotopic (exact) mass is 499 g/mol. The largest absolute Gasteiger partial charge is 0.493 e. The molecule has 0 aliphatic rings. The lowest BCUT2D eigenvalue weighted by Crippen LogP contribution is -2.31. The molecule has 2 rings (SSSR count). The van der Waals surface area contributed by atoms with E-state index in [2.05, 4.69) is 26.7 Å². The molecule has 0 saturated carbocycles. The molecule has 0 bridgehead atoms. The number of hydrogen-bond acceptors (Lipinski definition) is 5. The summed E-state index contributed by atoms with van der Waals surface area (Å²) in [5, 5.41) is 6.61. The van der Waals surface area contributed by atoms with Gasteiger partial charge in [0.25, 0.3) is 0 Å². The van der Waals surface area contributed by atoms with Crippen molar-refractivity contribution in [3.05, 3.63) is 48.2 Å². The number of aliphatic imine (C=N–C) groups is 1. The SMILES string of the molecule is CN=C(NCc1cccnc1N(C)C)Nc1cccc(OCCCOC)c1.I. The first-order valence-electron chi connectivity index (χ1n) is 8.94. The number of guanidine groups is 1. The molecule has 7 nitrogen and oxygen atoms in total. The van der Waals surface area contributed by atoms with Gasteiger partial charge in [-0.25, -0.2) is 4.98 Å². The Balaban J connectivity index is 0.00000392. The minimum Gasteiger partial charge on any atom is -0.493 e. The van der Waals surface area contributed by atoms with Gasteiger partial charge in [0, 0.05) is 71.3 Å². The number of benzene rings is 1. The lowest BCUT2D eigenvalue weighted by Gasteiger charge is -2.17. The van der Waals surface area contributed by atoms with E-state index in [9.17, 15) is 0 Å². The molecule has 1 aromatic carbocycles. The van der Waals surface area contributed by atoms with Crippen LogP contribution in [0.4, 0.5) is 11.5 Å². The lowest BCUT2D eigenvalue weighted by atomic mass is 10.2. The third kappa shape index (κ3) is 7.89. The van der Waals surface area contributed by atoms with E-state index in [1.54, 1.807) is 20.4 Å². The van der Waals surface area contributed by atoms with Crippen LogP contribution in [-0.2, 0) is 11.3 Å². The molecule has 0 aliphatic heterocycles. The minimum absolute atomic E-state index is 0. The molecule has 0 unspecified atom stereocenters. The van der Waals surface area contributed by atoms with E-state index in [0.29, 0.717) is 25.7 Å². The number of nitrogens with one attached hydrogen (secondary N) is 2. The van der Waals surface area contributed by atoms with Gasteiger partial charge in [-0.3, -0.25) is 4.99 Å². The molecule has 28 heavy (non-hydrogen) atoms. The van der Waals surface area contributed by atoms with Crippen LogP contribution in [0.1, 0.15) is 12.0 Å². The summed E-state index contributed by atoms with van der Waals surface area (Å²) >= 11 is 0. The van der Waals surface area contributed by atoms with E-state index in [0.717, 1.165) is 29.2 Å². The molecule has 0 fully saturated rings. The van der Waals surface area contributed by atoms with Gasteiger partial charge in [0.15, 0.2) is 5.96 Å². The van der Waals surface area contributed by atoms with E-state index in [1.807, 2.05) is 49.3 Å². The maximum atomic E-state index is 5.74. The fourth-order valence-electron chi connectivity index (χ4n) is 2.52. The van der Waals surface area contributed by atoms with Crippen LogP contribution in [-0.4, -0.2) is 52.4 Å². The number of halogens is 1. The molecule has 0 amide bonds. The molecular weight excluding hydrogens is 469 g/mol. The second kappa shape index (κ2) is 13.2. The summed E-state index contributed by atoms with van der Waals surface area (Å²) in [7, 11) is 7.40. The highest BCUT2D eigenvalue weighted by molar-refractivity contribution is 14.0. The Morgan fingerprint density at radius 3 is 2.71 bits per heavy atom. The van der Waals surface area contributed by atoms with E-state index in [4.69, 9.17) is 9.47 Å². The van der Waals surface area contributed by atoms with Crippen LogP contribution in [0.3, 0.4) is 0 Å². The summed E-state index contributed by atoms with van der Waals surface area (Å²) in [6, 6.07) is 11.8. The van der Waals surface area contributed by atoms with Crippen molar-refractivity contribution in [3.63, 3.8) is 0 Å². The number of rotatable bonds is 9. The Labute approximate surface area is 184 Å². The number of anilines is 2. The molecule has 1 aromatic heterocycles. The molecule has 8 heteroatoms. The van der Waals surface area contributed by atoms with E-state index in [-0.39, 0.29) is 24.0 Å². The van der Waals surface area contributed by atoms with Gasteiger partial charge in [0.1, 0.15) is 11.6 Å². The van der Waals surface area contributed by atoms with Gasteiger partial charge in [0.05, 0.1) is 6.61 Å². The standard InChI is InChI=1S/C20H29N5O2.HI/c1-21-20(23-15-16-8-6-11-22-19(16)25(2)3)24-17-9-5-10-18(14-17)27-13-7-12-26-4;/h5-6,8-11,14H,7,12-13,15H2,1-4H3,(H2,21,23,24);1H. The Bertz CT molecular complexity index is 740. The van der Waals surface area contributed by atoms with Crippen LogP contribution in [0.2, 0.25) is 0 Å². The first-order chi connectivity index (χ1) is 13.1. The number of pyridine rings is 1. The number of hydrogen-bond donors (Lipinski definition) is 2. The van der Waals surface area contributed by atoms with Gasteiger partial charge in [-0.15, -0.1) is 24.0 Å². The molecule has 0 spiro atoms. The van der Waals surface area contributed by atoms with Crippen molar-refractivity contribution >= 4 is 41.4 Å². The van der Waals surface area contributed by atoms with Gasteiger partial charge in [-0.1, -0.05) is 12.1 Å². The Kier molecular flexibility index (Phi) is 11.3. The highest BCUT2D eigenvalue weighted by Crippen LogP contribution is 2.18. The van der Waals surface area contributed by atoms with Crippen molar-refractivity contribution in [2.75, 3.05) is 51.7 Å². The van der Waals surface area contributed by atoms with Crippen molar-refractivity contribution < 1.29 is 9.47 Å². The lowest BCUT2D eigenvalue weighted by molar-refractivity contribution is 0.172. The van der Waals surface area contributed by atoms with Crippen molar-refractivity contribution in [3.8, 4) is 5.75 Å². The predicted octanol–water partition coefficient (Wildman–Crippen LogP) is 3.37. The number of ether oxygens (including phenoxy) is 2. The average Bonchev–Trinajstić information content (AvgIpc) is 2.69. The van der Waals surface area contributed by atoms with Gasteiger partial charge in [-0.2, -0.15) is 0 Å². The third-order valence-corrected chi connectivity index (χ3v) is 3.82. The molecule has 0 radical (unpaired) electrons. The zero-order chi connectivity index (χ0) is 19.5. The van der Waals surface area contributed by atoms with Crippen molar-refractivity contribution in [1.29, 1.82) is 0 Å². The quantitative estimate of drug-likeness (QED) is 0.239. The summed E-state index contributed by atoms with van der Waals surface area (Å²) in [6.07, 6.45) is 2.65. The zero-order valence-corrected chi connectivity index (χ0v) is 19.3. The third-order valence-electron chi connectivity index (χ3n) is 3.82. The van der Waals surface area contributed by atoms with Crippen molar-refractivity contribution in [2.45, 2.75) is 13.0 Å². The maximum absolute atomic E-state index is 5.74. The first-order valence-corrected chi connectivity index (χ1v) is 8.94. The number of methoxy groups -OCH3 is 1. The Morgan fingerprint density at radius 1 is 1.18 bits per heavy atom. The molecule has 1 heterocycles. The van der Waals surface area contributed by atoms with Crippen LogP contribution in [0.25, 0.3) is 0 Å². The van der Waals surface area contributed by atoms with E-state index >= 15 is 0 Å². The van der Waals surface area contributed by atoms with Crippen LogP contribution >= 0.6 is 24.0 Å². The molecule has 0 atom stereocenters. The number of nitrogens with zero attached hydrogens (tertiary/aromatic N) is 3. The van der Waals surface area contributed by atoms with Crippen molar-refractivity contribution in [1.82, 2.24) is 10.3 Å². The minimum atomic E-state index is 0. The maximum Gasteiger partial charge on any atom is 0.195 e. The summed E-state index contributed by atoms with van der Waals surface area (Å²) in [4.78, 5) is 10.7. The highest BCUT2D eigenvalue weighted by atomic mass is 127. The molecular formula is C20H30IN5O2. The fraction of sp³-hybridized carbons (Fsp3) is 0.400. The van der Waals surface area contributed by atoms with E-state index in [1.165, 1.54) is 0 Å². The molecule has 2 N–H and O–H groups in total. The summed E-state index contributed by atoms with van der Waals surface area (Å²) in [5.41, 5.74) is 2.01. The fourth-order valence-corrected chi connectivity index (χ4v) is 2.52. The summed E-state index contributed by atoms with van der Waals surface area (Å²) < 4.78 is 10.8. The summed E-state index contributed by atoms with van der Waals surface area (Å²) in [5.74, 6) is 2.43. The predicted molar refractivity (Wildman–Crippen MR) is 126 cm³/mol.